The fraction of sp³-hybridized carbons (Fsp3) is 0.462. The maximum atomic E-state index is 11.5. The number of hydrogen-bond acceptors (Lipinski definition) is 3. The minimum Gasteiger partial charge on any atom is -0.369 e. The maximum absolute atomic E-state index is 11.5. The average Bonchev–Trinajstić information content (AvgIpc) is 2.29. The van der Waals surface area contributed by atoms with Crippen LogP contribution in [-0.2, 0) is 16.1 Å². The van der Waals surface area contributed by atoms with Gasteiger partial charge in [0.25, 0.3) is 0 Å². The summed E-state index contributed by atoms with van der Waals surface area (Å²) < 4.78 is 5.22. The standard InChI is InChI=1S/C13H20N2O2.ClH/c1-10(2)17-9-13(16)15-12-6-4-11(5-7-12)8-14-3;/h4-7,10,14H,8-9H2,1-3H3,(H,15,16);1H. The topological polar surface area (TPSA) is 50.4 Å². The van der Waals surface area contributed by atoms with Crippen molar-refractivity contribution in [3.8, 4) is 0 Å². The van der Waals surface area contributed by atoms with Gasteiger partial charge in [0, 0.05) is 12.2 Å². The van der Waals surface area contributed by atoms with Gasteiger partial charge in [-0.25, -0.2) is 0 Å². The van der Waals surface area contributed by atoms with Crippen LogP contribution in [0.2, 0.25) is 0 Å². The average molecular weight is 273 g/mol. The lowest BCUT2D eigenvalue weighted by Gasteiger charge is -2.09. The summed E-state index contributed by atoms with van der Waals surface area (Å²) in [5.74, 6) is -0.125. The van der Waals surface area contributed by atoms with E-state index < -0.39 is 0 Å². The molecule has 0 radical (unpaired) electrons. The zero-order valence-electron chi connectivity index (χ0n) is 11.0. The normalized spacial score (nSPS) is 10.0. The minimum atomic E-state index is -0.125. The van der Waals surface area contributed by atoms with E-state index in [0.717, 1.165) is 12.2 Å². The fourth-order valence-electron chi connectivity index (χ4n) is 1.35. The van der Waals surface area contributed by atoms with Crippen LogP contribution >= 0.6 is 12.4 Å². The van der Waals surface area contributed by atoms with Crippen LogP contribution in [0.25, 0.3) is 0 Å². The van der Waals surface area contributed by atoms with Gasteiger partial charge < -0.3 is 15.4 Å². The molecule has 18 heavy (non-hydrogen) atoms. The van der Waals surface area contributed by atoms with E-state index in [1.54, 1.807) is 0 Å². The highest BCUT2D eigenvalue weighted by Gasteiger charge is 2.03. The largest absolute Gasteiger partial charge is 0.369 e. The van der Waals surface area contributed by atoms with Gasteiger partial charge in [0.1, 0.15) is 6.61 Å². The summed E-state index contributed by atoms with van der Waals surface area (Å²) in [6.45, 7) is 4.72. The molecule has 0 fully saturated rings. The predicted octanol–water partition coefficient (Wildman–Crippen LogP) is 2.19. The molecular weight excluding hydrogens is 252 g/mol. The van der Waals surface area contributed by atoms with Gasteiger partial charge in [-0.15, -0.1) is 12.4 Å². The highest BCUT2D eigenvalue weighted by atomic mass is 35.5. The molecule has 0 spiro atoms. The highest BCUT2D eigenvalue weighted by molar-refractivity contribution is 5.91. The zero-order valence-corrected chi connectivity index (χ0v) is 11.8. The molecule has 4 nitrogen and oxygen atoms in total. The number of benzene rings is 1. The van der Waals surface area contributed by atoms with Gasteiger partial charge in [0.05, 0.1) is 6.10 Å². The second-order valence-corrected chi connectivity index (χ2v) is 4.14. The predicted molar refractivity (Wildman–Crippen MR) is 76.2 cm³/mol. The highest BCUT2D eigenvalue weighted by Crippen LogP contribution is 2.09. The van der Waals surface area contributed by atoms with E-state index in [1.165, 1.54) is 5.56 Å². The molecule has 1 aromatic rings. The molecule has 0 atom stereocenters. The summed E-state index contributed by atoms with van der Waals surface area (Å²) in [7, 11) is 1.90. The Morgan fingerprint density at radius 2 is 1.89 bits per heavy atom. The van der Waals surface area contributed by atoms with Crippen LogP contribution in [0.3, 0.4) is 0 Å². The van der Waals surface area contributed by atoms with E-state index in [-0.39, 0.29) is 31.0 Å². The summed E-state index contributed by atoms with van der Waals surface area (Å²) in [6, 6.07) is 7.74. The molecule has 0 heterocycles. The Bertz CT molecular complexity index is 353. The minimum absolute atomic E-state index is 0. The Morgan fingerprint density at radius 1 is 1.28 bits per heavy atom. The molecule has 0 aromatic heterocycles. The molecule has 5 heteroatoms. The van der Waals surface area contributed by atoms with Crippen LogP contribution in [0.4, 0.5) is 5.69 Å². The van der Waals surface area contributed by atoms with Gasteiger partial charge in [-0.2, -0.15) is 0 Å². The lowest BCUT2D eigenvalue weighted by atomic mass is 10.2. The molecule has 0 saturated carbocycles. The molecule has 1 rings (SSSR count). The first kappa shape index (κ1) is 16.9. The lowest BCUT2D eigenvalue weighted by molar-refractivity contribution is -0.121. The fourth-order valence-corrected chi connectivity index (χ4v) is 1.35. The quantitative estimate of drug-likeness (QED) is 0.835. The Kier molecular flexibility index (Phi) is 8.37. The maximum Gasteiger partial charge on any atom is 0.250 e. The Hall–Kier alpha value is -1.10. The van der Waals surface area contributed by atoms with E-state index >= 15 is 0 Å². The Labute approximate surface area is 115 Å². The van der Waals surface area contributed by atoms with Crippen LogP contribution < -0.4 is 10.6 Å². The van der Waals surface area contributed by atoms with Crippen molar-refractivity contribution in [2.45, 2.75) is 26.5 Å². The number of nitrogens with one attached hydrogen (secondary N) is 2. The number of anilines is 1. The Balaban J connectivity index is 0.00000289. The third-order valence-electron chi connectivity index (χ3n) is 2.17. The number of hydrogen-bond donors (Lipinski definition) is 2. The number of carbonyl (C=O) groups is 1. The van der Waals surface area contributed by atoms with Crippen molar-refractivity contribution >= 4 is 24.0 Å². The second kappa shape index (κ2) is 8.91. The van der Waals surface area contributed by atoms with Crippen molar-refractivity contribution in [2.75, 3.05) is 19.0 Å². The first-order valence-corrected chi connectivity index (χ1v) is 5.77. The van der Waals surface area contributed by atoms with E-state index in [2.05, 4.69) is 10.6 Å². The first-order chi connectivity index (χ1) is 8.11. The van der Waals surface area contributed by atoms with Gasteiger partial charge >= 0.3 is 0 Å². The second-order valence-electron chi connectivity index (χ2n) is 4.14. The van der Waals surface area contributed by atoms with Crippen molar-refractivity contribution in [2.24, 2.45) is 0 Å². The molecule has 2 N–H and O–H groups in total. The van der Waals surface area contributed by atoms with E-state index in [1.807, 2.05) is 45.2 Å². The van der Waals surface area contributed by atoms with E-state index in [0.29, 0.717) is 0 Å². The Morgan fingerprint density at radius 3 is 2.39 bits per heavy atom. The first-order valence-electron chi connectivity index (χ1n) is 5.77. The summed E-state index contributed by atoms with van der Waals surface area (Å²) in [5, 5.41) is 5.85. The lowest BCUT2D eigenvalue weighted by Crippen LogP contribution is -2.20. The summed E-state index contributed by atoms with van der Waals surface area (Å²) in [6.07, 6.45) is 0.0683. The molecule has 1 amide bonds. The van der Waals surface area contributed by atoms with Crippen LogP contribution in [-0.4, -0.2) is 25.7 Å². The zero-order chi connectivity index (χ0) is 12.7. The molecule has 102 valence electrons. The van der Waals surface area contributed by atoms with Crippen molar-refractivity contribution in [1.82, 2.24) is 5.32 Å². The molecular formula is C13H21ClN2O2. The number of rotatable bonds is 6. The molecule has 0 aliphatic heterocycles. The monoisotopic (exact) mass is 272 g/mol. The van der Waals surface area contributed by atoms with Crippen LogP contribution in [0.5, 0.6) is 0 Å². The van der Waals surface area contributed by atoms with Gasteiger partial charge in [-0.3, -0.25) is 4.79 Å². The van der Waals surface area contributed by atoms with E-state index in [4.69, 9.17) is 4.74 Å². The van der Waals surface area contributed by atoms with Crippen molar-refractivity contribution < 1.29 is 9.53 Å². The van der Waals surface area contributed by atoms with Crippen LogP contribution in [0, 0.1) is 0 Å². The van der Waals surface area contributed by atoms with Gasteiger partial charge in [-0.1, -0.05) is 12.1 Å². The summed E-state index contributed by atoms with van der Waals surface area (Å²) in [4.78, 5) is 11.5. The van der Waals surface area contributed by atoms with Crippen LogP contribution in [0.15, 0.2) is 24.3 Å². The summed E-state index contributed by atoms with van der Waals surface area (Å²) in [5.41, 5.74) is 1.98. The number of ether oxygens (including phenoxy) is 1. The molecule has 0 saturated heterocycles. The SMILES string of the molecule is CNCc1ccc(NC(=O)COC(C)C)cc1.Cl. The van der Waals surface area contributed by atoms with E-state index in [9.17, 15) is 4.79 Å². The number of carbonyl (C=O) groups excluding carboxylic acids is 1. The third-order valence-corrected chi connectivity index (χ3v) is 2.17. The van der Waals surface area contributed by atoms with Gasteiger partial charge in [0.15, 0.2) is 0 Å². The van der Waals surface area contributed by atoms with Crippen molar-refractivity contribution in [1.29, 1.82) is 0 Å². The smallest absolute Gasteiger partial charge is 0.250 e. The number of halogens is 1. The van der Waals surface area contributed by atoms with Crippen molar-refractivity contribution in [3.05, 3.63) is 29.8 Å². The van der Waals surface area contributed by atoms with Gasteiger partial charge in [-0.05, 0) is 38.6 Å². The van der Waals surface area contributed by atoms with Gasteiger partial charge in [0.2, 0.25) is 5.91 Å². The van der Waals surface area contributed by atoms with Crippen LogP contribution in [0.1, 0.15) is 19.4 Å². The molecule has 1 aromatic carbocycles. The molecule has 0 unspecified atom stereocenters. The van der Waals surface area contributed by atoms with Crippen molar-refractivity contribution in [3.63, 3.8) is 0 Å². The molecule has 0 aliphatic rings. The number of amides is 1. The molecule has 0 aliphatic carbocycles. The summed E-state index contributed by atoms with van der Waals surface area (Å²) >= 11 is 0. The third kappa shape index (κ3) is 6.59. The molecule has 0 bridgehead atoms.